The first-order chi connectivity index (χ1) is 12.3. The first-order valence-electron chi connectivity index (χ1n) is 8.99. The Morgan fingerprint density at radius 3 is 2.73 bits per heavy atom. The molecule has 2 N–H and O–H groups in total. The Bertz CT molecular complexity index is 660. The molecule has 26 heavy (non-hydrogen) atoms. The number of urea groups is 1. The molecule has 144 valence electrons. The maximum absolute atomic E-state index is 13.5. The van der Waals surface area contributed by atoms with Crippen molar-refractivity contribution in [3.05, 3.63) is 29.6 Å². The number of carbonyl (C=O) groups is 1. The molecule has 2 aliphatic heterocycles. The van der Waals surface area contributed by atoms with Crippen molar-refractivity contribution in [1.29, 1.82) is 0 Å². The zero-order valence-electron chi connectivity index (χ0n) is 15.2. The molecule has 3 rings (SSSR count). The van der Waals surface area contributed by atoms with E-state index in [-0.39, 0.29) is 24.4 Å². The third-order valence-corrected chi connectivity index (χ3v) is 5.20. The van der Waals surface area contributed by atoms with E-state index in [0.29, 0.717) is 38.2 Å². The quantitative estimate of drug-likeness (QED) is 0.855. The van der Waals surface area contributed by atoms with Crippen molar-refractivity contribution >= 4 is 6.03 Å². The van der Waals surface area contributed by atoms with Crippen LogP contribution in [-0.2, 0) is 4.74 Å². The van der Waals surface area contributed by atoms with Gasteiger partial charge in [0.2, 0.25) is 0 Å². The fraction of sp³-hybridized carbons (Fsp3) is 0.632. The normalized spacial score (nSPS) is 23.5. The van der Waals surface area contributed by atoms with E-state index in [1.165, 1.54) is 12.1 Å². The summed E-state index contributed by atoms with van der Waals surface area (Å²) >= 11 is 0. The highest BCUT2D eigenvalue weighted by molar-refractivity contribution is 5.74. The summed E-state index contributed by atoms with van der Waals surface area (Å²) in [5.41, 5.74) is -0.335. The van der Waals surface area contributed by atoms with Crippen molar-refractivity contribution in [1.82, 2.24) is 10.6 Å². The average molecular weight is 368 g/mol. The highest BCUT2D eigenvalue weighted by Gasteiger charge is 2.36. The van der Waals surface area contributed by atoms with Crippen LogP contribution < -0.4 is 15.4 Å². The van der Waals surface area contributed by atoms with E-state index in [1.54, 1.807) is 6.07 Å². The number of carbonyl (C=O) groups excluding carboxylic acids is 1. The van der Waals surface area contributed by atoms with Gasteiger partial charge in [-0.25, -0.2) is 9.18 Å². The molecule has 1 saturated heterocycles. The molecular formula is C19H26F2N2O3. The molecule has 0 aliphatic carbocycles. The maximum atomic E-state index is 13.5. The predicted molar refractivity (Wildman–Crippen MR) is 93.5 cm³/mol. The number of amides is 2. The lowest BCUT2D eigenvalue weighted by Crippen LogP contribution is -2.48. The molecule has 1 aromatic carbocycles. The standard InChI is InChI=1S/C19H26F2N2O3/c1-18(2)10-15(14-4-3-13(21)9-16(14)26-18)23-17(24)22-12-19(11-20)5-7-25-8-6-19/h3-4,9,15H,5-8,10-12H2,1-2H3,(H2,22,23,24). The molecule has 7 heteroatoms. The summed E-state index contributed by atoms with van der Waals surface area (Å²) in [4.78, 5) is 12.4. The van der Waals surface area contributed by atoms with Gasteiger partial charge in [-0.15, -0.1) is 0 Å². The van der Waals surface area contributed by atoms with Crippen molar-refractivity contribution in [3.8, 4) is 5.75 Å². The summed E-state index contributed by atoms with van der Waals surface area (Å²) in [6.07, 6.45) is 1.74. The van der Waals surface area contributed by atoms with Crippen LogP contribution in [0, 0.1) is 11.2 Å². The SMILES string of the molecule is CC1(C)CC(NC(=O)NCC2(CF)CCOCC2)c2ccc(F)cc2O1. The van der Waals surface area contributed by atoms with Crippen LogP contribution in [0.2, 0.25) is 0 Å². The zero-order chi connectivity index (χ0) is 18.8. The number of hydrogen-bond donors (Lipinski definition) is 2. The highest BCUT2D eigenvalue weighted by atomic mass is 19.1. The van der Waals surface area contributed by atoms with Crippen LogP contribution in [0.3, 0.4) is 0 Å². The van der Waals surface area contributed by atoms with Crippen LogP contribution in [0.5, 0.6) is 5.75 Å². The van der Waals surface area contributed by atoms with Crippen LogP contribution in [0.4, 0.5) is 13.6 Å². The molecule has 0 radical (unpaired) electrons. The van der Waals surface area contributed by atoms with E-state index >= 15 is 0 Å². The van der Waals surface area contributed by atoms with E-state index in [1.807, 2.05) is 13.8 Å². The van der Waals surface area contributed by atoms with Gasteiger partial charge < -0.3 is 20.1 Å². The molecule has 0 bridgehead atoms. The van der Waals surface area contributed by atoms with E-state index in [9.17, 15) is 13.6 Å². The first-order valence-corrected chi connectivity index (χ1v) is 8.99. The lowest BCUT2D eigenvalue weighted by molar-refractivity contribution is 0.00348. The van der Waals surface area contributed by atoms with Gasteiger partial charge in [-0.1, -0.05) is 6.07 Å². The number of alkyl halides is 1. The molecular weight excluding hydrogens is 342 g/mol. The van der Waals surface area contributed by atoms with Crippen molar-refractivity contribution < 1.29 is 23.0 Å². The van der Waals surface area contributed by atoms with Crippen molar-refractivity contribution in [2.24, 2.45) is 5.41 Å². The van der Waals surface area contributed by atoms with E-state index in [2.05, 4.69) is 10.6 Å². The lowest BCUT2D eigenvalue weighted by atomic mass is 9.81. The second kappa shape index (κ2) is 7.39. The van der Waals surface area contributed by atoms with E-state index in [4.69, 9.17) is 9.47 Å². The largest absolute Gasteiger partial charge is 0.487 e. The summed E-state index contributed by atoms with van der Waals surface area (Å²) in [6.45, 7) is 4.60. The van der Waals surface area contributed by atoms with E-state index in [0.717, 1.165) is 5.56 Å². The Hall–Kier alpha value is -1.89. The van der Waals surface area contributed by atoms with Gasteiger partial charge >= 0.3 is 6.03 Å². The first kappa shape index (κ1) is 18.9. The summed E-state index contributed by atoms with van der Waals surface area (Å²) in [6, 6.07) is 3.66. The fourth-order valence-electron chi connectivity index (χ4n) is 3.59. The molecule has 1 aromatic rings. The van der Waals surface area contributed by atoms with Gasteiger partial charge in [0.05, 0.1) is 12.7 Å². The zero-order valence-corrected chi connectivity index (χ0v) is 15.2. The number of rotatable bonds is 4. The number of halogens is 2. The summed E-state index contributed by atoms with van der Waals surface area (Å²) < 4.78 is 38.1. The lowest BCUT2D eigenvalue weighted by Gasteiger charge is -2.38. The second-order valence-corrected chi connectivity index (χ2v) is 7.87. The maximum Gasteiger partial charge on any atom is 0.315 e. The second-order valence-electron chi connectivity index (χ2n) is 7.87. The Labute approximate surface area is 152 Å². The highest BCUT2D eigenvalue weighted by Crippen LogP contribution is 2.39. The minimum absolute atomic E-state index is 0.265. The summed E-state index contributed by atoms with van der Waals surface area (Å²) in [5.74, 6) is 0.0604. The summed E-state index contributed by atoms with van der Waals surface area (Å²) in [7, 11) is 0. The van der Waals surface area contributed by atoms with Crippen molar-refractivity contribution in [2.75, 3.05) is 26.4 Å². The Kier molecular flexibility index (Phi) is 5.37. The number of benzene rings is 1. The Balaban J connectivity index is 1.65. The molecule has 1 atom stereocenters. The molecule has 2 heterocycles. The smallest absolute Gasteiger partial charge is 0.315 e. The third-order valence-electron chi connectivity index (χ3n) is 5.20. The van der Waals surface area contributed by atoms with Crippen LogP contribution in [0.25, 0.3) is 0 Å². The van der Waals surface area contributed by atoms with Gasteiger partial charge in [-0.05, 0) is 32.8 Å². The summed E-state index contributed by atoms with van der Waals surface area (Å²) in [5, 5.41) is 5.73. The number of ether oxygens (including phenoxy) is 2. The molecule has 2 amide bonds. The Morgan fingerprint density at radius 2 is 2.04 bits per heavy atom. The molecule has 0 saturated carbocycles. The van der Waals surface area contributed by atoms with Gasteiger partial charge in [0.15, 0.2) is 0 Å². The van der Waals surface area contributed by atoms with E-state index < -0.39 is 17.7 Å². The van der Waals surface area contributed by atoms with Gasteiger partial charge in [0, 0.05) is 43.2 Å². The number of nitrogens with one attached hydrogen (secondary N) is 2. The fourth-order valence-corrected chi connectivity index (χ4v) is 3.59. The van der Waals surface area contributed by atoms with Crippen molar-refractivity contribution in [2.45, 2.75) is 44.8 Å². The molecule has 0 spiro atoms. The van der Waals surface area contributed by atoms with Gasteiger partial charge in [0.1, 0.15) is 17.2 Å². The number of fused-ring (bicyclic) bond motifs is 1. The van der Waals surface area contributed by atoms with Gasteiger partial charge in [-0.3, -0.25) is 4.39 Å². The predicted octanol–water partition coefficient (Wildman–Crippen LogP) is 3.49. The van der Waals surface area contributed by atoms with Gasteiger partial charge in [0.25, 0.3) is 0 Å². The van der Waals surface area contributed by atoms with Crippen LogP contribution >= 0.6 is 0 Å². The topological polar surface area (TPSA) is 59.6 Å². The van der Waals surface area contributed by atoms with Gasteiger partial charge in [-0.2, -0.15) is 0 Å². The molecule has 1 fully saturated rings. The van der Waals surface area contributed by atoms with Crippen LogP contribution in [0.15, 0.2) is 18.2 Å². The number of hydrogen-bond acceptors (Lipinski definition) is 3. The van der Waals surface area contributed by atoms with Crippen LogP contribution in [-0.4, -0.2) is 38.1 Å². The van der Waals surface area contributed by atoms with Crippen LogP contribution in [0.1, 0.15) is 44.7 Å². The average Bonchev–Trinajstić information content (AvgIpc) is 2.59. The minimum atomic E-state index is -0.550. The third kappa shape index (κ3) is 4.26. The molecule has 0 aromatic heterocycles. The molecule has 5 nitrogen and oxygen atoms in total. The molecule has 2 aliphatic rings. The minimum Gasteiger partial charge on any atom is -0.487 e. The van der Waals surface area contributed by atoms with Crippen molar-refractivity contribution in [3.63, 3.8) is 0 Å². The monoisotopic (exact) mass is 368 g/mol. The molecule has 1 unspecified atom stereocenters. The Morgan fingerprint density at radius 1 is 1.31 bits per heavy atom.